The lowest BCUT2D eigenvalue weighted by molar-refractivity contribution is -0.132. The van der Waals surface area contributed by atoms with Gasteiger partial charge in [0.05, 0.1) is 0 Å². The van der Waals surface area contributed by atoms with Gasteiger partial charge in [0, 0.05) is 19.1 Å². The Morgan fingerprint density at radius 1 is 1.28 bits per heavy atom. The number of amides is 4. The molecule has 0 bridgehead atoms. The van der Waals surface area contributed by atoms with Crippen molar-refractivity contribution in [1.29, 1.82) is 0 Å². The highest BCUT2D eigenvalue weighted by Crippen LogP contribution is 2.34. The lowest BCUT2D eigenvalue weighted by Crippen LogP contribution is -2.50. The largest absolute Gasteiger partial charge is 0.368 e. The molecule has 8 heteroatoms. The van der Waals surface area contributed by atoms with Crippen LogP contribution < -0.4 is 11.1 Å². The number of benzene rings is 1. The van der Waals surface area contributed by atoms with Crippen LogP contribution in [-0.4, -0.2) is 52.3 Å². The average molecular weight is 348 g/mol. The molecule has 3 N–H and O–H groups in total. The van der Waals surface area contributed by atoms with Crippen LogP contribution in [0.15, 0.2) is 24.3 Å². The number of likely N-dealkylation sites (tertiary alicyclic amines) is 1. The molecule has 2 aliphatic rings. The Kier molecular flexibility index (Phi) is 4.24. The normalized spacial score (nSPS) is 25.0. The number of primary amides is 1. The summed E-state index contributed by atoms with van der Waals surface area (Å²) >= 11 is 0. The molecule has 3 rings (SSSR count). The Hall–Kier alpha value is -2.48. The predicted octanol–water partition coefficient (Wildman–Crippen LogP) is 0.757. The van der Waals surface area contributed by atoms with Crippen LogP contribution in [0.25, 0.3) is 0 Å². The molecule has 7 nitrogen and oxygen atoms in total. The highest BCUT2D eigenvalue weighted by Gasteiger charge is 2.56. The smallest absolute Gasteiger partial charge is 0.325 e. The van der Waals surface area contributed by atoms with Crippen molar-refractivity contribution in [2.75, 3.05) is 13.1 Å². The van der Waals surface area contributed by atoms with Gasteiger partial charge in [0.1, 0.15) is 17.4 Å². The second kappa shape index (κ2) is 6.11. The Morgan fingerprint density at radius 3 is 2.44 bits per heavy atom. The Labute approximate surface area is 144 Å². The molecule has 0 unspecified atom stereocenters. The Balaban J connectivity index is 1.86. The number of carbonyl (C=O) groups excluding carboxylic acids is 3. The molecule has 0 aromatic heterocycles. The molecule has 2 aliphatic heterocycles. The summed E-state index contributed by atoms with van der Waals surface area (Å²) in [5, 5.41) is 2.78. The van der Waals surface area contributed by atoms with E-state index in [1.807, 2.05) is 0 Å². The van der Waals surface area contributed by atoms with Gasteiger partial charge in [-0.15, -0.1) is 0 Å². The standard InChI is InChI=1S/C17H21FN4O3/c1-10(2)22-15(24)17(20-16(22)25)7-8-21(9-17)13(14(19)23)11-3-5-12(18)6-4-11/h3-6,10,13H,7-9H2,1-2H3,(H2,19,23)(H,20,25)/t13-,17-/m0/s1. The topological polar surface area (TPSA) is 95.7 Å². The van der Waals surface area contributed by atoms with Crippen molar-refractivity contribution in [2.24, 2.45) is 5.73 Å². The van der Waals surface area contributed by atoms with Crippen LogP contribution in [0.1, 0.15) is 31.9 Å². The van der Waals surface area contributed by atoms with Gasteiger partial charge < -0.3 is 11.1 Å². The molecule has 2 saturated heterocycles. The fourth-order valence-corrected chi connectivity index (χ4v) is 3.65. The summed E-state index contributed by atoms with van der Waals surface area (Å²) < 4.78 is 13.2. The molecule has 1 aromatic rings. The predicted molar refractivity (Wildman–Crippen MR) is 87.8 cm³/mol. The second-order valence-electron chi connectivity index (χ2n) is 6.86. The minimum Gasteiger partial charge on any atom is -0.368 e. The fourth-order valence-electron chi connectivity index (χ4n) is 3.65. The van der Waals surface area contributed by atoms with E-state index in [1.54, 1.807) is 18.7 Å². The van der Waals surface area contributed by atoms with E-state index >= 15 is 0 Å². The van der Waals surface area contributed by atoms with Crippen LogP contribution in [0.3, 0.4) is 0 Å². The zero-order chi connectivity index (χ0) is 18.4. The molecule has 1 spiro atoms. The monoisotopic (exact) mass is 348 g/mol. The summed E-state index contributed by atoms with van der Waals surface area (Å²) in [5.41, 5.74) is 5.08. The molecular weight excluding hydrogens is 327 g/mol. The van der Waals surface area contributed by atoms with Crippen LogP contribution >= 0.6 is 0 Å². The van der Waals surface area contributed by atoms with Crippen LogP contribution in [0.5, 0.6) is 0 Å². The molecule has 2 fully saturated rings. The number of halogens is 1. The van der Waals surface area contributed by atoms with Gasteiger partial charge >= 0.3 is 6.03 Å². The molecule has 2 heterocycles. The second-order valence-corrected chi connectivity index (χ2v) is 6.86. The molecule has 134 valence electrons. The summed E-state index contributed by atoms with van der Waals surface area (Å²) in [6.45, 7) is 4.15. The quantitative estimate of drug-likeness (QED) is 0.785. The maximum atomic E-state index is 13.2. The van der Waals surface area contributed by atoms with Gasteiger partial charge in [-0.3, -0.25) is 19.4 Å². The molecular formula is C17H21FN4O3. The lowest BCUT2D eigenvalue weighted by atomic mass is 9.98. The number of carbonyl (C=O) groups is 3. The number of urea groups is 1. The molecule has 2 atom stereocenters. The Morgan fingerprint density at radius 2 is 1.92 bits per heavy atom. The van der Waals surface area contributed by atoms with Crippen molar-refractivity contribution in [1.82, 2.24) is 15.1 Å². The van der Waals surface area contributed by atoms with E-state index in [0.717, 1.165) is 0 Å². The zero-order valence-electron chi connectivity index (χ0n) is 14.2. The first-order valence-corrected chi connectivity index (χ1v) is 8.20. The van der Waals surface area contributed by atoms with Crippen molar-refractivity contribution in [3.05, 3.63) is 35.6 Å². The molecule has 0 saturated carbocycles. The highest BCUT2D eigenvalue weighted by molar-refractivity contribution is 6.07. The van der Waals surface area contributed by atoms with Crippen molar-refractivity contribution < 1.29 is 18.8 Å². The number of nitrogens with one attached hydrogen (secondary N) is 1. The number of hydrogen-bond acceptors (Lipinski definition) is 4. The van der Waals surface area contributed by atoms with E-state index in [9.17, 15) is 18.8 Å². The molecule has 0 radical (unpaired) electrons. The number of nitrogens with zero attached hydrogens (tertiary/aromatic N) is 2. The summed E-state index contributed by atoms with van der Waals surface area (Å²) in [7, 11) is 0. The number of hydrogen-bond donors (Lipinski definition) is 2. The maximum Gasteiger partial charge on any atom is 0.325 e. The van der Waals surface area contributed by atoms with Crippen molar-refractivity contribution in [2.45, 2.75) is 37.9 Å². The fraction of sp³-hybridized carbons (Fsp3) is 0.471. The van der Waals surface area contributed by atoms with Crippen molar-refractivity contribution >= 4 is 17.8 Å². The van der Waals surface area contributed by atoms with E-state index < -0.39 is 29.3 Å². The van der Waals surface area contributed by atoms with Crippen molar-refractivity contribution in [3.8, 4) is 0 Å². The minimum absolute atomic E-state index is 0.186. The third kappa shape index (κ3) is 2.86. The zero-order valence-corrected chi connectivity index (χ0v) is 14.2. The minimum atomic E-state index is -1.03. The summed E-state index contributed by atoms with van der Waals surface area (Å²) in [6.07, 6.45) is 0.395. The van der Waals surface area contributed by atoms with Crippen LogP contribution in [-0.2, 0) is 9.59 Å². The van der Waals surface area contributed by atoms with E-state index in [-0.39, 0.29) is 18.5 Å². The average Bonchev–Trinajstić information content (AvgIpc) is 3.03. The first-order chi connectivity index (χ1) is 11.7. The van der Waals surface area contributed by atoms with E-state index in [0.29, 0.717) is 18.5 Å². The van der Waals surface area contributed by atoms with E-state index in [1.165, 1.54) is 29.2 Å². The van der Waals surface area contributed by atoms with Crippen LogP contribution in [0.4, 0.5) is 9.18 Å². The van der Waals surface area contributed by atoms with Gasteiger partial charge in [0.15, 0.2) is 0 Å². The summed E-state index contributed by atoms with van der Waals surface area (Å²) in [4.78, 5) is 39.9. The van der Waals surface area contributed by atoms with Crippen LogP contribution in [0, 0.1) is 5.82 Å². The summed E-state index contributed by atoms with van der Waals surface area (Å²) in [6, 6.07) is 4.10. The Bertz CT molecular complexity index is 721. The molecule has 4 amide bonds. The van der Waals surface area contributed by atoms with Gasteiger partial charge in [-0.1, -0.05) is 12.1 Å². The molecule has 0 aliphatic carbocycles. The van der Waals surface area contributed by atoms with Crippen molar-refractivity contribution in [3.63, 3.8) is 0 Å². The van der Waals surface area contributed by atoms with Gasteiger partial charge in [-0.25, -0.2) is 9.18 Å². The van der Waals surface area contributed by atoms with Gasteiger partial charge in [-0.05, 0) is 38.0 Å². The van der Waals surface area contributed by atoms with Crippen LogP contribution in [0.2, 0.25) is 0 Å². The number of imide groups is 1. The highest BCUT2D eigenvalue weighted by atomic mass is 19.1. The van der Waals surface area contributed by atoms with Gasteiger partial charge in [0.25, 0.3) is 5.91 Å². The number of rotatable bonds is 4. The summed E-state index contributed by atoms with van der Waals surface area (Å²) in [5.74, 6) is -1.27. The first-order valence-electron chi connectivity index (χ1n) is 8.20. The third-order valence-electron chi connectivity index (χ3n) is 4.83. The SMILES string of the molecule is CC(C)N1C(=O)N[C@]2(CCN([C@H](C(N)=O)c3ccc(F)cc3)C2)C1=O. The van der Waals surface area contributed by atoms with E-state index in [2.05, 4.69) is 5.32 Å². The molecule has 25 heavy (non-hydrogen) atoms. The molecule has 1 aromatic carbocycles. The number of nitrogens with two attached hydrogens (primary N) is 1. The van der Waals surface area contributed by atoms with Gasteiger partial charge in [0.2, 0.25) is 5.91 Å². The maximum absolute atomic E-state index is 13.2. The van der Waals surface area contributed by atoms with E-state index in [4.69, 9.17) is 5.73 Å². The van der Waals surface area contributed by atoms with Gasteiger partial charge in [-0.2, -0.15) is 0 Å². The first kappa shape index (κ1) is 17.3. The lowest BCUT2D eigenvalue weighted by Gasteiger charge is -2.27. The third-order valence-corrected chi connectivity index (χ3v) is 4.83.